The minimum absolute atomic E-state index is 0.0806. The van der Waals surface area contributed by atoms with Gasteiger partial charge in [0.05, 0.1) is 15.6 Å². The number of rotatable bonds is 10. The molecular weight excluding hydrogens is 449 g/mol. The Morgan fingerprint density at radius 3 is 2.69 bits per heavy atom. The lowest BCUT2D eigenvalue weighted by Gasteiger charge is -2.17. The standard InChI is InChI=1S/C24H27Cl2N3O3/c25-18-10-6-11-19(26)21(18)23(30)29-20(24(31)32)12-5-3-1-2-4-9-17-14-13-16-8-7-15-27-22(16)28-17/h3,5-6,10-11,13-14,20H,1-2,4,7-9,12,15H2,(H,27,28)(H,29,30)(H,31,32)/b5-3+/t20-/m0/s1. The Hall–Kier alpha value is -2.57. The summed E-state index contributed by atoms with van der Waals surface area (Å²) in [5.41, 5.74) is 2.46. The number of carbonyl (C=O) groups is 2. The van der Waals surface area contributed by atoms with Crippen LogP contribution in [0.15, 0.2) is 42.5 Å². The van der Waals surface area contributed by atoms with Crippen molar-refractivity contribution in [3.8, 4) is 0 Å². The largest absolute Gasteiger partial charge is 0.480 e. The van der Waals surface area contributed by atoms with Gasteiger partial charge in [0.1, 0.15) is 11.9 Å². The highest BCUT2D eigenvalue weighted by atomic mass is 35.5. The predicted octanol–water partition coefficient (Wildman–Crippen LogP) is 5.29. The maximum atomic E-state index is 12.4. The minimum Gasteiger partial charge on any atom is -0.480 e. The van der Waals surface area contributed by atoms with Crippen LogP contribution < -0.4 is 10.6 Å². The Morgan fingerprint density at radius 2 is 1.94 bits per heavy atom. The maximum absolute atomic E-state index is 12.4. The summed E-state index contributed by atoms with van der Waals surface area (Å²) in [4.78, 5) is 28.7. The molecule has 32 heavy (non-hydrogen) atoms. The Morgan fingerprint density at radius 1 is 1.16 bits per heavy atom. The second-order valence-electron chi connectivity index (χ2n) is 7.75. The Kier molecular flexibility index (Phi) is 8.94. The normalized spacial score (nSPS) is 13.9. The van der Waals surface area contributed by atoms with Crippen LogP contribution in [-0.4, -0.2) is 34.6 Å². The van der Waals surface area contributed by atoms with Crippen molar-refractivity contribution >= 4 is 40.9 Å². The van der Waals surface area contributed by atoms with E-state index in [0.29, 0.717) is 0 Å². The van der Waals surface area contributed by atoms with Crippen molar-refractivity contribution in [2.24, 2.45) is 0 Å². The van der Waals surface area contributed by atoms with Gasteiger partial charge in [-0.3, -0.25) is 4.79 Å². The number of carbonyl (C=O) groups excluding carboxylic acids is 1. The number of allylic oxidation sites excluding steroid dienone is 1. The molecular formula is C24H27Cl2N3O3. The van der Waals surface area contributed by atoms with E-state index in [2.05, 4.69) is 22.8 Å². The number of nitrogens with zero attached hydrogens (tertiary/aromatic N) is 1. The predicted molar refractivity (Wildman–Crippen MR) is 128 cm³/mol. The number of aliphatic carboxylic acids is 1. The highest BCUT2D eigenvalue weighted by Crippen LogP contribution is 2.24. The van der Waals surface area contributed by atoms with Gasteiger partial charge in [-0.25, -0.2) is 9.78 Å². The number of amides is 1. The van der Waals surface area contributed by atoms with Gasteiger partial charge in [-0.1, -0.05) is 47.5 Å². The van der Waals surface area contributed by atoms with Gasteiger partial charge in [0.25, 0.3) is 5.91 Å². The third-order valence-electron chi connectivity index (χ3n) is 5.34. The molecule has 0 spiro atoms. The van der Waals surface area contributed by atoms with Crippen LogP contribution in [0.4, 0.5) is 5.82 Å². The molecule has 0 fully saturated rings. The number of unbranched alkanes of at least 4 members (excludes halogenated alkanes) is 2. The van der Waals surface area contributed by atoms with E-state index in [9.17, 15) is 14.7 Å². The highest BCUT2D eigenvalue weighted by Gasteiger charge is 2.22. The van der Waals surface area contributed by atoms with Crippen molar-refractivity contribution < 1.29 is 14.7 Å². The van der Waals surface area contributed by atoms with Gasteiger partial charge in [-0.2, -0.15) is 0 Å². The summed E-state index contributed by atoms with van der Waals surface area (Å²) >= 11 is 12.1. The molecule has 6 nitrogen and oxygen atoms in total. The zero-order chi connectivity index (χ0) is 22.9. The van der Waals surface area contributed by atoms with E-state index in [0.717, 1.165) is 56.6 Å². The van der Waals surface area contributed by atoms with E-state index in [4.69, 9.17) is 28.2 Å². The van der Waals surface area contributed by atoms with Crippen LogP contribution in [0.25, 0.3) is 0 Å². The van der Waals surface area contributed by atoms with E-state index in [1.54, 1.807) is 12.1 Å². The van der Waals surface area contributed by atoms with E-state index < -0.39 is 17.9 Å². The number of carboxylic acid groups (broad SMARTS) is 1. The monoisotopic (exact) mass is 475 g/mol. The first-order chi connectivity index (χ1) is 15.5. The fourth-order valence-electron chi connectivity index (χ4n) is 3.59. The SMILES string of the molecule is O=C(N[C@@H](C/C=C/CCCCc1ccc2c(n1)NCCC2)C(=O)O)c1c(Cl)cccc1Cl. The quantitative estimate of drug-likeness (QED) is 0.320. The number of pyridine rings is 1. The number of hydrogen-bond acceptors (Lipinski definition) is 4. The first-order valence-electron chi connectivity index (χ1n) is 10.8. The summed E-state index contributed by atoms with van der Waals surface area (Å²) in [6.45, 7) is 0.984. The van der Waals surface area contributed by atoms with Gasteiger partial charge in [-0.05, 0) is 68.7 Å². The Balaban J connectivity index is 1.41. The number of aromatic nitrogens is 1. The molecule has 8 heteroatoms. The van der Waals surface area contributed by atoms with Crippen molar-refractivity contribution in [3.63, 3.8) is 0 Å². The molecule has 0 aliphatic carbocycles. The first-order valence-corrected chi connectivity index (χ1v) is 11.6. The number of carboxylic acids is 1. The molecule has 1 amide bonds. The summed E-state index contributed by atoms with van der Waals surface area (Å²) in [6, 6.07) is 7.91. The number of halogens is 2. The van der Waals surface area contributed by atoms with Crippen molar-refractivity contribution in [1.82, 2.24) is 10.3 Å². The van der Waals surface area contributed by atoms with Crippen LogP contribution in [-0.2, 0) is 17.6 Å². The van der Waals surface area contributed by atoms with E-state index in [1.165, 1.54) is 17.7 Å². The van der Waals surface area contributed by atoms with E-state index in [-0.39, 0.29) is 22.0 Å². The molecule has 0 radical (unpaired) electrons. The lowest BCUT2D eigenvalue weighted by Crippen LogP contribution is -2.40. The van der Waals surface area contributed by atoms with E-state index >= 15 is 0 Å². The number of aryl methyl sites for hydroxylation is 2. The molecule has 1 atom stereocenters. The van der Waals surface area contributed by atoms with Gasteiger partial charge < -0.3 is 15.7 Å². The van der Waals surface area contributed by atoms with Crippen LogP contribution in [0.2, 0.25) is 10.0 Å². The molecule has 1 aromatic heterocycles. The number of hydrogen-bond donors (Lipinski definition) is 3. The van der Waals surface area contributed by atoms with Gasteiger partial charge in [0, 0.05) is 12.2 Å². The fraction of sp³-hybridized carbons (Fsp3) is 0.375. The molecule has 3 N–H and O–H groups in total. The van der Waals surface area contributed by atoms with Crippen molar-refractivity contribution in [2.75, 3.05) is 11.9 Å². The molecule has 2 aromatic rings. The zero-order valence-electron chi connectivity index (χ0n) is 17.7. The van der Waals surface area contributed by atoms with Crippen LogP contribution >= 0.6 is 23.2 Å². The Bertz CT molecular complexity index is 974. The average molecular weight is 476 g/mol. The smallest absolute Gasteiger partial charge is 0.326 e. The Labute approximate surface area is 198 Å². The van der Waals surface area contributed by atoms with Gasteiger partial charge >= 0.3 is 5.97 Å². The molecule has 0 bridgehead atoms. The molecule has 0 saturated carbocycles. The number of anilines is 1. The summed E-state index contributed by atoms with van der Waals surface area (Å²) in [5, 5.41) is 15.6. The molecule has 0 saturated heterocycles. The topological polar surface area (TPSA) is 91.3 Å². The third-order valence-corrected chi connectivity index (χ3v) is 5.97. The van der Waals surface area contributed by atoms with Crippen molar-refractivity contribution in [3.05, 3.63) is 69.3 Å². The number of benzene rings is 1. The van der Waals surface area contributed by atoms with Crippen LogP contribution in [0.1, 0.15) is 53.7 Å². The molecule has 1 aliphatic rings. The minimum atomic E-state index is -1.11. The summed E-state index contributed by atoms with van der Waals surface area (Å²) in [5.74, 6) is -0.694. The van der Waals surface area contributed by atoms with Crippen LogP contribution in [0.3, 0.4) is 0 Å². The van der Waals surface area contributed by atoms with Crippen molar-refractivity contribution in [2.45, 2.75) is 51.0 Å². The van der Waals surface area contributed by atoms with Crippen LogP contribution in [0, 0.1) is 0 Å². The lowest BCUT2D eigenvalue weighted by molar-refractivity contribution is -0.139. The summed E-state index contributed by atoms with van der Waals surface area (Å²) in [6.07, 6.45) is 9.88. The molecule has 1 aromatic carbocycles. The molecule has 3 rings (SSSR count). The van der Waals surface area contributed by atoms with Gasteiger partial charge in [-0.15, -0.1) is 0 Å². The number of fused-ring (bicyclic) bond motifs is 1. The fourth-order valence-corrected chi connectivity index (χ4v) is 4.16. The van der Waals surface area contributed by atoms with E-state index in [1.807, 2.05) is 6.08 Å². The average Bonchev–Trinajstić information content (AvgIpc) is 2.77. The van der Waals surface area contributed by atoms with Gasteiger partial charge in [0.15, 0.2) is 0 Å². The second-order valence-corrected chi connectivity index (χ2v) is 8.57. The third kappa shape index (κ3) is 6.71. The van der Waals surface area contributed by atoms with Crippen LogP contribution in [0.5, 0.6) is 0 Å². The zero-order valence-corrected chi connectivity index (χ0v) is 19.3. The van der Waals surface area contributed by atoms with Crippen molar-refractivity contribution in [1.29, 1.82) is 0 Å². The maximum Gasteiger partial charge on any atom is 0.326 e. The summed E-state index contributed by atoms with van der Waals surface area (Å²) < 4.78 is 0. The molecule has 0 unspecified atom stereocenters. The molecule has 170 valence electrons. The summed E-state index contributed by atoms with van der Waals surface area (Å²) in [7, 11) is 0. The first kappa shape index (κ1) is 24.1. The van der Waals surface area contributed by atoms with Gasteiger partial charge in [0.2, 0.25) is 0 Å². The molecule has 1 aliphatic heterocycles. The highest BCUT2D eigenvalue weighted by molar-refractivity contribution is 6.39. The lowest BCUT2D eigenvalue weighted by atomic mass is 10.1. The second kappa shape index (κ2) is 11.9. The molecule has 2 heterocycles. The number of nitrogens with one attached hydrogen (secondary N) is 2.